The molecule has 3 rings (SSSR count). The minimum absolute atomic E-state index is 0.462. The third kappa shape index (κ3) is 2.09. The van der Waals surface area contributed by atoms with Crippen molar-refractivity contribution in [2.75, 3.05) is 5.73 Å². The molecule has 0 bridgehead atoms. The van der Waals surface area contributed by atoms with Crippen LogP contribution in [0.2, 0.25) is 0 Å². The Labute approximate surface area is 111 Å². The van der Waals surface area contributed by atoms with Crippen molar-refractivity contribution in [3.05, 3.63) is 48.4 Å². The lowest BCUT2D eigenvalue weighted by atomic mass is 10.0. The van der Waals surface area contributed by atoms with E-state index < -0.39 is 11.7 Å². The standard InChI is InChI=1S/C14H9F3N2O/c15-14(16,17)9-3-1-8(2-4-9)11-5-10(18)6-12-13(11)19-7-20-12/h1-7H,18H2. The van der Waals surface area contributed by atoms with Gasteiger partial charge in [-0.25, -0.2) is 4.98 Å². The van der Waals surface area contributed by atoms with E-state index in [0.717, 1.165) is 12.1 Å². The van der Waals surface area contributed by atoms with Gasteiger partial charge in [0.25, 0.3) is 0 Å². The predicted molar refractivity (Wildman–Crippen MR) is 68.9 cm³/mol. The smallest absolute Gasteiger partial charge is 0.416 e. The molecule has 0 unspecified atom stereocenters. The lowest BCUT2D eigenvalue weighted by Crippen LogP contribution is -2.04. The van der Waals surface area contributed by atoms with Crippen molar-refractivity contribution in [3.8, 4) is 11.1 Å². The molecule has 0 spiro atoms. The summed E-state index contributed by atoms with van der Waals surface area (Å²) in [6.45, 7) is 0. The second-order valence-corrected chi connectivity index (χ2v) is 4.34. The summed E-state index contributed by atoms with van der Waals surface area (Å²) in [5.74, 6) is 0. The van der Waals surface area contributed by atoms with Crippen LogP contribution in [-0.4, -0.2) is 4.98 Å². The molecule has 0 fully saturated rings. The van der Waals surface area contributed by atoms with Gasteiger partial charge < -0.3 is 10.2 Å². The highest BCUT2D eigenvalue weighted by atomic mass is 19.4. The van der Waals surface area contributed by atoms with E-state index >= 15 is 0 Å². The van der Waals surface area contributed by atoms with E-state index in [1.807, 2.05) is 0 Å². The highest BCUT2D eigenvalue weighted by molar-refractivity contribution is 5.93. The van der Waals surface area contributed by atoms with Crippen LogP contribution in [0.3, 0.4) is 0 Å². The van der Waals surface area contributed by atoms with Gasteiger partial charge in [-0.3, -0.25) is 0 Å². The van der Waals surface area contributed by atoms with Crippen LogP contribution < -0.4 is 5.73 Å². The quantitative estimate of drug-likeness (QED) is 0.682. The summed E-state index contributed by atoms with van der Waals surface area (Å²) in [6, 6.07) is 8.13. The van der Waals surface area contributed by atoms with Crippen molar-refractivity contribution in [1.29, 1.82) is 0 Å². The molecule has 0 aliphatic heterocycles. The van der Waals surface area contributed by atoms with Gasteiger partial charge in [-0.1, -0.05) is 12.1 Å². The number of benzene rings is 2. The number of nitrogen functional groups attached to an aromatic ring is 1. The van der Waals surface area contributed by atoms with Gasteiger partial charge in [-0.05, 0) is 23.8 Å². The molecule has 2 N–H and O–H groups in total. The molecule has 1 aromatic heterocycles. The average molecular weight is 278 g/mol. The molecule has 0 aliphatic carbocycles. The van der Waals surface area contributed by atoms with E-state index in [1.54, 1.807) is 12.1 Å². The third-order valence-electron chi connectivity index (χ3n) is 2.98. The second kappa shape index (κ2) is 4.26. The largest absolute Gasteiger partial charge is 0.443 e. The van der Waals surface area contributed by atoms with Crippen LogP contribution in [0, 0.1) is 0 Å². The van der Waals surface area contributed by atoms with E-state index in [1.165, 1.54) is 18.5 Å². The second-order valence-electron chi connectivity index (χ2n) is 4.34. The molecular weight excluding hydrogens is 269 g/mol. The number of alkyl halides is 3. The molecule has 0 amide bonds. The first-order valence-corrected chi connectivity index (χ1v) is 5.75. The van der Waals surface area contributed by atoms with Crippen molar-refractivity contribution < 1.29 is 17.6 Å². The summed E-state index contributed by atoms with van der Waals surface area (Å²) in [6.07, 6.45) is -3.07. The van der Waals surface area contributed by atoms with Crippen LogP contribution in [0.15, 0.2) is 47.2 Å². The average Bonchev–Trinajstić information content (AvgIpc) is 2.85. The monoisotopic (exact) mass is 278 g/mol. The zero-order chi connectivity index (χ0) is 14.3. The number of anilines is 1. The summed E-state index contributed by atoms with van der Waals surface area (Å²) >= 11 is 0. The Morgan fingerprint density at radius 3 is 2.40 bits per heavy atom. The minimum atomic E-state index is -4.35. The van der Waals surface area contributed by atoms with E-state index in [4.69, 9.17) is 10.2 Å². The first-order chi connectivity index (χ1) is 9.45. The van der Waals surface area contributed by atoms with Gasteiger partial charge in [0.2, 0.25) is 0 Å². The van der Waals surface area contributed by atoms with Gasteiger partial charge in [0.05, 0.1) is 5.56 Å². The van der Waals surface area contributed by atoms with Gasteiger partial charge in [0, 0.05) is 17.3 Å². The number of aromatic nitrogens is 1. The lowest BCUT2D eigenvalue weighted by molar-refractivity contribution is -0.137. The zero-order valence-electron chi connectivity index (χ0n) is 10.1. The Bertz CT molecular complexity index is 760. The Balaban J connectivity index is 2.14. The lowest BCUT2D eigenvalue weighted by Gasteiger charge is -2.08. The number of rotatable bonds is 1. The maximum atomic E-state index is 12.5. The third-order valence-corrected chi connectivity index (χ3v) is 2.98. The van der Waals surface area contributed by atoms with E-state index in [2.05, 4.69) is 4.98 Å². The normalized spacial score (nSPS) is 11.9. The van der Waals surface area contributed by atoms with Gasteiger partial charge >= 0.3 is 6.18 Å². The molecule has 1 heterocycles. The van der Waals surface area contributed by atoms with Crippen molar-refractivity contribution in [2.24, 2.45) is 0 Å². The molecule has 102 valence electrons. The first-order valence-electron chi connectivity index (χ1n) is 5.75. The molecule has 3 aromatic rings. The molecule has 3 nitrogen and oxygen atoms in total. The molecule has 6 heteroatoms. The SMILES string of the molecule is Nc1cc(-c2ccc(C(F)(F)F)cc2)c2ncoc2c1. The molecule has 0 aliphatic rings. The van der Waals surface area contributed by atoms with Crippen LogP contribution in [0.4, 0.5) is 18.9 Å². The van der Waals surface area contributed by atoms with Crippen molar-refractivity contribution in [2.45, 2.75) is 6.18 Å². The highest BCUT2D eigenvalue weighted by Gasteiger charge is 2.30. The number of oxazole rings is 1. The summed E-state index contributed by atoms with van der Waals surface area (Å²) in [4.78, 5) is 4.06. The molecular formula is C14H9F3N2O. The fraction of sp³-hybridized carbons (Fsp3) is 0.0714. The summed E-state index contributed by atoms with van der Waals surface area (Å²) in [7, 11) is 0. The maximum absolute atomic E-state index is 12.5. The van der Waals surface area contributed by atoms with Crippen molar-refractivity contribution in [3.63, 3.8) is 0 Å². The highest BCUT2D eigenvalue weighted by Crippen LogP contribution is 2.33. The Kier molecular flexibility index (Phi) is 2.67. The molecule has 0 radical (unpaired) electrons. The fourth-order valence-corrected chi connectivity index (χ4v) is 2.05. The Hall–Kier alpha value is -2.50. The number of nitrogens with two attached hydrogens (primary N) is 1. The topological polar surface area (TPSA) is 52.0 Å². The van der Waals surface area contributed by atoms with Crippen LogP contribution in [0.1, 0.15) is 5.56 Å². The maximum Gasteiger partial charge on any atom is 0.416 e. The molecule has 0 saturated heterocycles. The van der Waals surface area contributed by atoms with Crippen molar-refractivity contribution >= 4 is 16.8 Å². The van der Waals surface area contributed by atoms with Crippen LogP contribution in [-0.2, 0) is 6.18 Å². The summed E-state index contributed by atoms with van der Waals surface area (Å²) < 4.78 is 42.8. The molecule has 0 saturated carbocycles. The van der Waals surface area contributed by atoms with Gasteiger partial charge in [-0.2, -0.15) is 13.2 Å². The molecule has 2 aromatic carbocycles. The number of nitrogens with zero attached hydrogens (tertiary/aromatic N) is 1. The number of hydrogen-bond acceptors (Lipinski definition) is 3. The van der Waals surface area contributed by atoms with Crippen molar-refractivity contribution in [1.82, 2.24) is 4.98 Å². The molecule has 0 atom stereocenters. The van der Waals surface area contributed by atoms with Crippen LogP contribution in [0.5, 0.6) is 0 Å². The molecule has 20 heavy (non-hydrogen) atoms. The van der Waals surface area contributed by atoms with E-state index in [9.17, 15) is 13.2 Å². The van der Waals surface area contributed by atoms with E-state index in [0.29, 0.717) is 27.9 Å². The predicted octanol–water partition coefficient (Wildman–Crippen LogP) is 4.10. The number of hydrogen-bond donors (Lipinski definition) is 1. The van der Waals surface area contributed by atoms with Crippen LogP contribution >= 0.6 is 0 Å². The van der Waals surface area contributed by atoms with Crippen LogP contribution in [0.25, 0.3) is 22.2 Å². The Morgan fingerprint density at radius 1 is 1.05 bits per heavy atom. The fourth-order valence-electron chi connectivity index (χ4n) is 2.05. The van der Waals surface area contributed by atoms with Gasteiger partial charge in [0.1, 0.15) is 5.52 Å². The number of fused-ring (bicyclic) bond motifs is 1. The van der Waals surface area contributed by atoms with Gasteiger partial charge in [-0.15, -0.1) is 0 Å². The van der Waals surface area contributed by atoms with Gasteiger partial charge in [0.15, 0.2) is 12.0 Å². The minimum Gasteiger partial charge on any atom is -0.443 e. The number of halogens is 3. The zero-order valence-corrected chi connectivity index (χ0v) is 10.1. The first kappa shape index (κ1) is 12.5. The summed E-state index contributed by atoms with van der Waals surface area (Å²) in [5.41, 5.74) is 7.83. The van der Waals surface area contributed by atoms with E-state index in [-0.39, 0.29) is 0 Å². The summed E-state index contributed by atoms with van der Waals surface area (Å²) in [5, 5.41) is 0. The Morgan fingerprint density at radius 2 is 1.75 bits per heavy atom.